The Labute approximate surface area is 117 Å². The van der Waals surface area contributed by atoms with Crippen molar-refractivity contribution >= 4 is 23.4 Å². The van der Waals surface area contributed by atoms with Crippen LogP contribution in [0.4, 0.5) is 5.82 Å². The summed E-state index contributed by atoms with van der Waals surface area (Å²) in [5, 5.41) is 11.8. The molecule has 2 aromatic heterocycles. The molecule has 1 amide bonds. The number of aromatic nitrogens is 2. The van der Waals surface area contributed by atoms with Crippen molar-refractivity contribution in [2.45, 2.75) is 26.3 Å². The van der Waals surface area contributed by atoms with Crippen molar-refractivity contribution in [3.63, 3.8) is 0 Å². The van der Waals surface area contributed by atoms with E-state index in [0.29, 0.717) is 0 Å². The Morgan fingerprint density at radius 3 is 2.80 bits per heavy atom. The number of hydroxylamine groups is 1. The summed E-state index contributed by atoms with van der Waals surface area (Å²) in [5.74, 6) is 0.318. The third-order valence-corrected chi connectivity index (χ3v) is 2.57. The first-order valence-electron chi connectivity index (χ1n) is 6.26. The van der Waals surface area contributed by atoms with E-state index in [1.165, 1.54) is 6.08 Å². The number of imidazole rings is 1. The quantitative estimate of drug-likeness (QED) is 0.455. The summed E-state index contributed by atoms with van der Waals surface area (Å²) in [5.41, 5.74) is 3.13. The molecule has 0 saturated carbocycles. The molecule has 0 aliphatic rings. The summed E-state index contributed by atoms with van der Waals surface area (Å²) in [6.07, 6.45) is 6.52. The van der Waals surface area contributed by atoms with E-state index in [4.69, 9.17) is 5.21 Å². The van der Waals surface area contributed by atoms with Crippen molar-refractivity contribution in [3.8, 4) is 0 Å². The van der Waals surface area contributed by atoms with E-state index < -0.39 is 5.91 Å². The smallest absolute Gasteiger partial charge is 0.267 e. The van der Waals surface area contributed by atoms with Gasteiger partial charge in [-0.25, -0.2) is 10.5 Å². The number of nitrogens with one attached hydrogen (secondary N) is 2. The molecule has 0 spiro atoms. The van der Waals surface area contributed by atoms with E-state index in [2.05, 4.69) is 31.1 Å². The summed E-state index contributed by atoms with van der Waals surface area (Å²) in [6, 6.07) is 3.72. The molecule has 0 fully saturated rings. The number of nitrogens with zero attached hydrogens (tertiary/aromatic N) is 2. The lowest BCUT2D eigenvalue weighted by Crippen LogP contribution is -2.26. The number of rotatable bonds is 3. The van der Waals surface area contributed by atoms with Gasteiger partial charge in [0, 0.05) is 17.8 Å². The lowest BCUT2D eigenvalue weighted by atomic mass is 10.1. The zero-order valence-electron chi connectivity index (χ0n) is 11.7. The number of carbonyl (C=O) groups excluding carboxylic acids is 1. The maximum atomic E-state index is 11.0. The number of hydrogen-bond acceptors (Lipinski definition) is 4. The van der Waals surface area contributed by atoms with Gasteiger partial charge in [0.25, 0.3) is 5.91 Å². The minimum Gasteiger partial charge on any atom is -0.365 e. The summed E-state index contributed by atoms with van der Waals surface area (Å²) in [4.78, 5) is 15.3. The van der Waals surface area contributed by atoms with Crippen molar-refractivity contribution in [1.82, 2.24) is 14.9 Å². The second kappa shape index (κ2) is 5.34. The number of pyridine rings is 1. The standard InChI is InChI=1S/C14H18N4O2/c1-14(2,3)16-12-8-15-11-6-4-10(9-18(11)12)5-7-13(19)17-20/h4-9,16,20H,1-3H3,(H,17,19)/b7-5+. The highest BCUT2D eigenvalue weighted by Gasteiger charge is 2.12. The molecule has 0 aromatic carbocycles. The molecule has 0 aliphatic carbocycles. The van der Waals surface area contributed by atoms with Crippen LogP contribution in [-0.2, 0) is 4.79 Å². The van der Waals surface area contributed by atoms with Crippen LogP contribution in [0.2, 0.25) is 0 Å². The molecule has 3 N–H and O–H groups in total. The van der Waals surface area contributed by atoms with Crippen LogP contribution in [0, 0.1) is 0 Å². The first-order valence-corrected chi connectivity index (χ1v) is 6.26. The second-order valence-corrected chi connectivity index (χ2v) is 5.52. The first-order chi connectivity index (χ1) is 9.39. The average Bonchev–Trinajstić information content (AvgIpc) is 2.76. The number of amides is 1. The van der Waals surface area contributed by atoms with Crippen molar-refractivity contribution in [2.75, 3.05) is 5.32 Å². The van der Waals surface area contributed by atoms with Crippen LogP contribution >= 0.6 is 0 Å². The van der Waals surface area contributed by atoms with Gasteiger partial charge >= 0.3 is 0 Å². The molecule has 20 heavy (non-hydrogen) atoms. The normalized spacial score (nSPS) is 12.0. The lowest BCUT2D eigenvalue weighted by molar-refractivity contribution is -0.124. The highest BCUT2D eigenvalue weighted by atomic mass is 16.5. The average molecular weight is 274 g/mol. The third-order valence-electron chi connectivity index (χ3n) is 2.57. The molecule has 0 radical (unpaired) electrons. The Kier molecular flexibility index (Phi) is 3.76. The number of hydrogen-bond donors (Lipinski definition) is 3. The number of anilines is 1. The number of carbonyl (C=O) groups is 1. The summed E-state index contributed by atoms with van der Waals surface area (Å²) in [7, 11) is 0. The Morgan fingerprint density at radius 2 is 2.15 bits per heavy atom. The van der Waals surface area contributed by atoms with Gasteiger partial charge in [-0.05, 0) is 44.5 Å². The Morgan fingerprint density at radius 1 is 1.40 bits per heavy atom. The molecule has 0 aliphatic heterocycles. The van der Waals surface area contributed by atoms with Gasteiger partial charge in [0.2, 0.25) is 0 Å². The summed E-state index contributed by atoms with van der Waals surface area (Å²) < 4.78 is 1.92. The van der Waals surface area contributed by atoms with Crippen LogP contribution < -0.4 is 10.8 Å². The van der Waals surface area contributed by atoms with Gasteiger partial charge in [-0.1, -0.05) is 0 Å². The molecular formula is C14H18N4O2. The minimum atomic E-state index is -0.566. The van der Waals surface area contributed by atoms with E-state index in [1.54, 1.807) is 17.8 Å². The largest absolute Gasteiger partial charge is 0.365 e. The Balaban J connectivity index is 2.34. The predicted octanol–water partition coefficient (Wildman–Crippen LogP) is 2.06. The minimum absolute atomic E-state index is 0.0709. The van der Waals surface area contributed by atoms with E-state index in [0.717, 1.165) is 17.0 Å². The van der Waals surface area contributed by atoms with Gasteiger partial charge in [-0.3, -0.25) is 14.4 Å². The topological polar surface area (TPSA) is 78.7 Å². The number of fused-ring (bicyclic) bond motifs is 1. The molecule has 6 heteroatoms. The fourth-order valence-corrected chi connectivity index (χ4v) is 1.78. The van der Waals surface area contributed by atoms with Crippen LogP contribution in [0.25, 0.3) is 11.7 Å². The van der Waals surface area contributed by atoms with Crippen LogP contribution in [0.1, 0.15) is 26.3 Å². The van der Waals surface area contributed by atoms with E-state index in [-0.39, 0.29) is 5.54 Å². The monoisotopic (exact) mass is 274 g/mol. The summed E-state index contributed by atoms with van der Waals surface area (Å²) in [6.45, 7) is 6.21. The third kappa shape index (κ3) is 3.36. The maximum Gasteiger partial charge on any atom is 0.267 e. The van der Waals surface area contributed by atoms with Crippen molar-refractivity contribution in [1.29, 1.82) is 0 Å². The molecular weight excluding hydrogens is 256 g/mol. The van der Waals surface area contributed by atoms with Crippen molar-refractivity contribution in [2.24, 2.45) is 0 Å². The van der Waals surface area contributed by atoms with Gasteiger partial charge in [0.05, 0.1) is 6.20 Å². The predicted molar refractivity (Wildman–Crippen MR) is 77.5 cm³/mol. The highest BCUT2D eigenvalue weighted by molar-refractivity contribution is 5.90. The Bertz CT molecular complexity index is 653. The van der Waals surface area contributed by atoms with Crippen LogP contribution in [-0.4, -0.2) is 26.0 Å². The van der Waals surface area contributed by atoms with E-state index in [1.807, 2.05) is 22.7 Å². The molecule has 2 rings (SSSR count). The highest BCUT2D eigenvalue weighted by Crippen LogP contribution is 2.18. The molecule has 0 atom stereocenters. The molecule has 0 unspecified atom stereocenters. The molecule has 2 heterocycles. The van der Waals surface area contributed by atoms with Crippen LogP contribution in [0.15, 0.2) is 30.6 Å². The first kappa shape index (κ1) is 14.1. The fraction of sp³-hybridized carbons (Fsp3) is 0.286. The fourth-order valence-electron chi connectivity index (χ4n) is 1.78. The van der Waals surface area contributed by atoms with E-state index in [9.17, 15) is 4.79 Å². The zero-order chi connectivity index (χ0) is 14.8. The van der Waals surface area contributed by atoms with E-state index >= 15 is 0 Å². The van der Waals surface area contributed by atoms with Gasteiger partial charge in [0.15, 0.2) is 0 Å². The molecule has 2 aromatic rings. The molecule has 6 nitrogen and oxygen atoms in total. The SMILES string of the molecule is CC(C)(C)Nc1cnc2ccc(/C=C/C(=O)NO)cn12. The van der Waals surface area contributed by atoms with Crippen molar-refractivity contribution < 1.29 is 10.0 Å². The van der Waals surface area contributed by atoms with Crippen molar-refractivity contribution in [3.05, 3.63) is 36.2 Å². The Hall–Kier alpha value is -2.34. The maximum absolute atomic E-state index is 11.0. The van der Waals surface area contributed by atoms with Gasteiger partial charge in [0.1, 0.15) is 11.5 Å². The molecule has 106 valence electrons. The second-order valence-electron chi connectivity index (χ2n) is 5.52. The summed E-state index contributed by atoms with van der Waals surface area (Å²) >= 11 is 0. The van der Waals surface area contributed by atoms with Crippen LogP contribution in [0.3, 0.4) is 0 Å². The zero-order valence-corrected chi connectivity index (χ0v) is 11.7. The van der Waals surface area contributed by atoms with Crippen LogP contribution in [0.5, 0.6) is 0 Å². The van der Waals surface area contributed by atoms with Gasteiger partial charge in [-0.2, -0.15) is 0 Å². The van der Waals surface area contributed by atoms with Gasteiger partial charge < -0.3 is 5.32 Å². The van der Waals surface area contributed by atoms with Gasteiger partial charge in [-0.15, -0.1) is 0 Å². The molecule has 0 bridgehead atoms. The lowest BCUT2D eigenvalue weighted by Gasteiger charge is -2.21. The molecule has 0 saturated heterocycles.